The Hall–Kier alpha value is -2.37. The largest absolute Gasteiger partial charge is 0.347 e. The van der Waals surface area contributed by atoms with Crippen LogP contribution in [0.15, 0.2) is 60.1 Å². The average molecular weight is 359 g/mol. The van der Waals surface area contributed by atoms with Gasteiger partial charge >= 0.3 is 0 Å². The standard InChI is InChI=1S/C18H16ClN3OS/c19-16-8-2-1-5-13(16)11-21-17-15(7-3-9-20-17)18(23)22-12-14-6-4-10-24-14/h1-10H,11-12H2,(H,20,21)(H,22,23)/p+1. The monoisotopic (exact) mass is 358 g/mol. The molecule has 0 fully saturated rings. The number of rotatable bonds is 6. The van der Waals surface area contributed by atoms with Crippen molar-refractivity contribution in [3.05, 3.63) is 81.1 Å². The van der Waals surface area contributed by atoms with Gasteiger partial charge in [0.2, 0.25) is 0 Å². The molecule has 0 unspecified atom stereocenters. The molecule has 24 heavy (non-hydrogen) atoms. The van der Waals surface area contributed by atoms with Gasteiger partial charge in [-0.15, -0.1) is 11.3 Å². The molecular weight excluding hydrogens is 342 g/mol. The van der Waals surface area contributed by atoms with E-state index < -0.39 is 0 Å². The quantitative estimate of drug-likeness (QED) is 0.705. The fraction of sp³-hybridized carbons (Fsp3) is 0.111. The first-order valence-corrected chi connectivity index (χ1v) is 8.78. The first kappa shape index (κ1) is 16.5. The number of nitrogens with one attached hydrogen (secondary N) is 3. The molecule has 3 aromatic rings. The van der Waals surface area contributed by atoms with Crippen molar-refractivity contribution in [2.24, 2.45) is 0 Å². The lowest BCUT2D eigenvalue weighted by atomic mass is 10.2. The predicted octanol–water partition coefficient (Wildman–Crippen LogP) is 3.76. The van der Waals surface area contributed by atoms with Gasteiger partial charge in [-0.25, -0.2) is 4.98 Å². The zero-order valence-corrected chi connectivity index (χ0v) is 14.5. The normalized spacial score (nSPS) is 10.4. The highest BCUT2D eigenvalue weighted by Crippen LogP contribution is 2.17. The van der Waals surface area contributed by atoms with E-state index in [4.69, 9.17) is 11.6 Å². The van der Waals surface area contributed by atoms with Crippen molar-refractivity contribution in [2.45, 2.75) is 13.1 Å². The van der Waals surface area contributed by atoms with Gasteiger partial charge in [0.1, 0.15) is 12.1 Å². The van der Waals surface area contributed by atoms with Gasteiger partial charge in [-0.3, -0.25) is 10.1 Å². The number of hydrogen-bond donors (Lipinski definition) is 2. The summed E-state index contributed by atoms with van der Waals surface area (Å²) in [6.07, 6.45) is 1.78. The van der Waals surface area contributed by atoms with Crippen molar-refractivity contribution in [3.63, 3.8) is 0 Å². The topological polar surface area (TPSA) is 55.3 Å². The molecule has 3 N–H and O–H groups in total. The second-order valence-electron chi connectivity index (χ2n) is 5.17. The minimum absolute atomic E-state index is 0.123. The van der Waals surface area contributed by atoms with E-state index in [1.807, 2.05) is 41.8 Å². The molecule has 2 heterocycles. The summed E-state index contributed by atoms with van der Waals surface area (Å²) < 4.78 is 0. The number of benzene rings is 1. The van der Waals surface area contributed by atoms with Gasteiger partial charge < -0.3 is 5.32 Å². The molecule has 0 aliphatic heterocycles. The summed E-state index contributed by atoms with van der Waals surface area (Å²) in [5.41, 5.74) is 1.54. The molecule has 0 aliphatic rings. The van der Waals surface area contributed by atoms with E-state index >= 15 is 0 Å². The molecule has 3 rings (SSSR count). The Labute approximate surface area is 149 Å². The molecule has 0 radical (unpaired) electrons. The number of carbonyl (C=O) groups excluding carboxylic acids is 1. The number of aromatic amines is 1. The minimum atomic E-state index is -0.123. The maximum Gasteiger partial charge on any atom is 0.285 e. The van der Waals surface area contributed by atoms with E-state index in [9.17, 15) is 4.79 Å². The third-order valence-electron chi connectivity index (χ3n) is 3.52. The zero-order chi connectivity index (χ0) is 16.8. The number of thiophene rings is 1. The van der Waals surface area contributed by atoms with Crippen molar-refractivity contribution in [2.75, 3.05) is 5.32 Å². The maximum atomic E-state index is 12.4. The van der Waals surface area contributed by atoms with E-state index in [1.165, 1.54) is 0 Å². The molecule has 0 saturated heterocycles. The summed E-state index contributed by atoms with van der Waals surface area (Å²) in [6, 6.07) is 15.2. The number of aromatic nitrogens is 1. The van der Waals surface area contributed by atoms with Crippen LogP contribution >= 0.6 is 22.9 Å². The summed E-state index contributed by atoms with van der Waals surface area (Å²) in [5, 5.41) is 8.88. The summed E-state index contributed by atoms with van der Waals surface area (Å²) in [6.45, 7) is 1.06. The summed E-state index contributed by atoms with van der Waals surface area (Å²) in [5.74, 6) is 0.544. The Morgan fingerprint density at radius 2 is 1.96 bits per heavy atom. The molecule has 0 bridgehead atoms. The Morgan fingerprint density at radius 3 is 2.75 bits per heavy atom. The Morgan fingerprint density at radius 1 is 1.08 bits per heavy atom. The van der Waals surface area contributed by atoms with Crippen molar-refractivity contribution >= 4 is 34.7 Å². The smallest absolute Gasteiger partial charge is 0.285 e. The average Bonchev–Trinajstić information content (AvgIpc) is 3.13. The molecule has 4 nitrogen and oxygen atoms in total. The van der Waals surface area contributed by atoms with E-state index in [0.717, 1.165) is 10.4 Å². The van der Waals surface area contributed by atoms with Crippen molar-refractivity contribution in [3.8, 4) is 0 Å². The van der Waals surface area contributed by atoms with E-state index in [-0.39, 0.29) is 5.91 Å². The van der Waals surface area contributed by atoms with Gasteiger partial charge in [-0.05, 0) is 29.6 Å². The fourth-order valence-corrected chi connectivity index (χ4v) is 3.12. The molecule has 6 heteroatoms. The molecule has 0 aliphatic carbocycles. The predicted molar refractivity (Wildman–Crippen MR) is 97.3 cm³/mol. The van der Waals surface area contributed by atoms with E-state index in [2.05, 4.69) is 15.6 Å². The van der Waals surface area contributed by atoms with Crippen LogP contribution in [-0.2, 0) is 13.1 Å². The maximum absolute atomic E-state index is 12.4. The lowest BCUT2D eigenvalue weighted by Crippen LogP contribution is -2.26. The van der Waals surface area contributed by atoms with Gasteiger partial charge in [0.05, 0.1) is 12.7 Å². The van der Waals surface area contributed by atoms with Crippen LogP contribution in [0, 0.1) is 0 Å². The third-order valence-corrected chi connectivity index (χ3v) is 4.76. The highest BCUT2D eigenvalue weighted by atomic mass is 35.5. The van der Waals surface area contributed by atoms with Crippen LogP contribution in [0.1, 0.15) is 20.8 Å². The zero-order valence-electron chi connectivity index (χ0n) is 12.9. The van der Waals surface area contributed by atoms with Crippen LogP contribution in [0.4, 0.5) is 5.82 Å². The molecule has 1 aromatic carbocycles. The van der Waals surface area contributed by atoms with Crippen molar-refractivity contribution < 1.29 is 9.78 Å². The number of anilines is 1. The number of hydrogen-bond acceptors (Lipinski definition) is 3. The van der Waals surface area contributed by atoms with E-state index in [0.29, 0.717) is 29.5 Å². The molecule has 2 aromatic heterocycles. The summed E-state index contributed by atoms with van der Waals surface area (Å²) >= 11 is 7.79. The van der Waals surface area contributed by atoms with Crippen LogP contribution in [0.25, 0.3) is 0 Å². The van der Waals surface area contributed by atoms with Crippen molar-refractivity contribution in [1.29, 1.82) is 0 Å². The second kappa shape index (κ2) is 7.95. The molecule has 122 valence electrons. The lowest BCUT2D eigenvalue weighted by Gasteiger charge is -2.07. The van der Waals surface area contributed by atoms with Crippen LogP contribution in [0.2, 0.25) is 5.02 Å². The van der Waals surface area contributed by atoms with E-state index in [1.54, 1.807) is 29.7 Å². The SMILES string of the molecule is O=C(NCc1cccs1)c1ccc[nH+]c1NCc1ccccc1Cl. The first-order valence-electron chi connectivity index (χ1n) is 7.52. The number of carbonyl (C=O) groups is 1. The van der Waals surface area contributed by atoms with Gasteiger partial charge in [0.25, 0.3) is 11.7 Å². The van der Waals surface area contributed by atoms with Gasteiger partial charge in [-0.1, -0.05) is 35.9 Å². The number of pyridine rings is 1. The van der Waals surface area contributed by atoms with Crippen LogP contribution in [0.3, 0.4) is 0 Å². The Bertz CT molecular complexity index is 821. The Kier molecular flexibility index (Phi) is 5.46. The number of halogens is 1. The molecular formula is C18H17ClN3OS+. The Balaban J connectivity index is 1.68. The number of H-pyrrole nitrogens is 1. The first-order chi connectivity index (χ1) is 11.7. The molecule has 0 spiro atoms. The van der Waals surface area contributed by atoms with Crippen molar-refractivity contribution in [1.82, 2.24) is 5.32 Å². The van der Waals surface area contributed by atoms with Gasteiger partial charge in [0.15, 0.2) is 0 Å². The highest BCUT2D eigenvalue weighted by Gasteiger charge is 2.17. The lowest BCUT2D eigenvalue weighted by molar-refractivity contribution is -0.361. The minimum Gasteiger partial charge on any atom is -0.347 e. The summed E-state index contributed by atoms with van der Waals surface area (Å²) in [7, 11) is 0. The number of amides is 1. The fourth-order valence-electron chi connectivity index (χ4n) is 2.27. The van der Waals surface area contributed by atoms with Crippen LogP contribution in [0.5, 0.6) is 0 Å². The molecule has 0 atom stereocenters. The van der Waals surface area contributed by atoms with Crippen LogP contribution in [-0.4, -0.2) is 5.91 Å². The van der Waals surface area contributed by atoms with Gasteiger partial charge in [0, 0.05) is 15.5 Å². The molecule has 1 amide bonds. The van der Waals surface area contributed by atoms with Crippen LogP contribution < -0.4 is 15.6 Å². The third kappa shape index (κ3) is 4.13. The second-order valence-corrected chi connectivity index (χ2v) is 6.61. The summed E-state index contributed by atoms with van der Waals surface area (Å²) in [4.78, 5) is 16.7. The molecule has 0 saturated carbocycles. The van der Waals surface area contributed by atoms with Gasteiger partial charge in [-0.2, -0.15) is 0 Å². The highest BCUT2D eigenvalue weighted by molar-refractivity contribution is 7.09.